The Bertz CT molecular complexity index is 983. The van der Waals surface area contributed by atoms with Gasteiger partial charge >= 0.3 is 0 Å². The summed E-state index contributed by atoms with van der Waals surface area (Å²) < 4.78 is 27.7. The Kier molecular flexibility index (Phi) is 8.27. The first-order valence-corrected chi connectivity index (χ1v) is 13.2. The fourth-order valence-electron chi connectivity index (χ4n) is 3.95. The molecule has 1 aromatic heterocycles. The van der Waals surface area contributed by atoms with Crippen molar-refractivity contribution in [2.75, 3.05) is 26.2 Å². The number of piperidine rings is 1. The normalized spacial score (nSPS) is 17.7. The highest BCUT2D eigenvalue weighted by Crippen LogP contribution is 2.28. The molecule has 0 bridgehead atoms. The van der Waals surface area contributed by atoms with Gasteiger partial charge in [-0.3, -0.25) is 9.69 Å². The van der Waals surface area contributed by atoms with Crippen LogP contribution in [0, 0.1) is 12.8 Å². The number of carbonyl (C=O) groups excluding carboxylic acids is 1. The SMILES string of the molecule is CCN(CC)Cc1ccccc1CNC(=O)C1CCCN(S(=O)(=O)c2ccc(C)s2)C1. The van der Waals surface area contributed by atoms with Crippen LogP contribution in [0.2, 0.25) is 0 Å². The molecule has 1 aliphatic rings. The van der Waals surface area contributed by atoms with Gasteiger partial charge in [0.25, 0.3) is 10.0 Å². The molecule has 1 unspecified atom stereocenters. The van der Waals surface area contributed by atoms with Gasteiger partial charge in [0.1, 0.15) is 4.21 Å². The summed E-state index contributed by atoms with van der Waals surface area (Å²) in [6.45, 7) is 10.2. The molecule has 1 aliphatic heterocycles. The van der Waals surface area contributed by atoms with Crippen molar-refractivity contribution in [3.63, 3.8) is 0 Å². The third-order valence-electron chi connectivity index (χ3n) is 5.92. The smallest absolute Gasteiger partial charge is 0.252 e. The predicted molar refractivity (Wildman–Crippen MR) is 125 cm³/mol. The van der Waals surface area contributed by atoms with E-state index in [9.17, 15) is 13.2 Å². The minimum Gasteiger partial charge on any atom is -0.352 e. The maximum absolute atomic E-state index is 13.0. The van der Waals surface area contributed by atoms with Gasteiger partial charge in [0.05, 0.1) is 5.92 Å². The van der Waals surface area contributed by atoms with E-state index in [1.807, 2.05) is 25.1 Å². The Labute approximate surface area is 190 Å². The zero-order valence-corrected chi connectivity index (χ0v) is 20.3. The summed E-state index contributed by atoms with van der Waals surface area (Å²) in [6.07, 6.45) is 1.41. The Balaban J connectivity index is 1.63. The molecule has 6 nitrogen and oxygen atoms in total. The average Bonchev–Trinajstić information content (AvgIpc) is 3.23. The van der Waals surface area contributed by atoms with E-state index in [0.717, 1.165) is 30.1 Å². The number of thiophene rings is 1. The van der Waals surface area contributed by atoms with Gasteiger partial charge in [-0.1, -0.05) is 38.1 Å². The fourth-order valence-corrected chi connectivity index (χ4v) is 6.91. The molecule has 1 saturated heterocycles. The quantitative estimate of drug-likeness (QED) is 0.617. The van der Waals surface area contributed by atoms with E-state index in [1.54, 1.807) is 6.07 Å². The number of benzene rings is 1. The Hall–Kier alpha value is -1.74. The summed E-state index contributed by atoms with van der Waals surface area (Å²) in [6, 6.07) is 11.7. The lowest BCUT2D eigenvalue weighted by atomic mass is 9.98. The van der Waals surface area contributed by atoms with E-state index in [2.05, 4.69) is 36.2 Å². The van der Waals surface area contributed by atoms with Gasteiger partial charge < -0.3 is 5.32 Å². The lowest BCUT2D eigenvalue weighted by Crippen LogP contribution is -2.45. The molecule has 170 valence electrons. The number of sulfonamides is 1. The molecule has 0 aliphatic carbocycles. The number of carbonyl (C=O) groups is 1. The zero-order valence-electron chi connectivity index (χ0n) is 18.6. The average molecular weight is 464 g/mol. The number of nitrogens with one attached hydrogen (secondary N) is 1. The van der Waals surface area contributed by atoms with Gasteiger partial charge in [0.2, 0.25) is 5.91 Å². The second kappa shape index (κ2) is 10.7. The zero-order chi connectivity index (χ0) is 22.4. The van der Waals surface area contributed by atoms with Crippen molar-refractivity contribution >= 4 is 27.3 Å². The maximum atomic E-state index is 13.0. The second-order valence-corrected chi connectivity index (χ2v) is 11.5. The molecule has 1 N–H and O–H groups in total. The predicted octanol–water partition coefficient (Wildman–Crippen LogP) is 3.62. The van der Waals surface area contributed by atoms with Crippen LogP contribution in [0.25, 0.3) is 0 Å². The van der Waals surface area contributed by atoms with Gasteiger partial charge in [-0.15, -0.1) is 11.3 Å². The van der Waals surface area contributed by atoms with Crippen molar-refractivity contribution in [2.45, 2.75) is 50.9 Å². The molecule has 3 rings (SSSR count). The summed E-state index contributed by atoms with van der Waals surface area (Å²) in [4.78, 5) is 16.2. The Morgan fingerprint density at radius 3 is 2.52 bits per heavy atom. The Morgan fingerprint density at radius 1 is 1.16 bits per heavy atom. The highest BCUT2D eigenvalue weighted by atomic mass is 32.2. The number of rotatable bonds is 9. The lowest BCUT2D eigenvalue weighted by molar-refractivity contribution is -0.126. The highest BCUT2D eigenvalue weighted by Gasteiger charge is 2.34. The molecule has 1 aromatic carbocycles. The molecule has 31 heavy (non-hydrogen) atoms. The largest absolute Gasteiger partial charge is 0.352 e. The van der Waals surface area contributed by atoms with Gasteiger partial charge in [0.15, 0.2) is 0 Å². The molecular formula is C23H33N3O3S2. The van der Waals surface area contributed by atoms with Crippen LogP contribution in [-0.2, 0) is 27.9 Å². The third-order valence-corrected chi connectivity index (χ3v) is 9.26. The van der Waals surface area contributed by atoms with E-state index in [0.29, 0.717) is 30.1 Å². The van der Waals surface area contributed by atoms with Crippen molar-refractivity contribution < 1.29 is 13.2 Å². The van der Waals surface area contributed by atoms with Crippen LogP contribution in [0.4, 0.5) is 0 Å². The summed E-state index contributed by atoms with van der Waals surface area (Å²) in [5.41, 5.74) is 2.32. The van der Waals surface area contributed by atoms with Gasteiger partial charge in [0, 0.05) is 31.1 Å². The maximum Gasteiger partial charge on any atom is 0.252 e. The van der Waals surface area contributed by atoms with Crippen LogP contribution in [0.5, 0.6) is 0 Å². The summed E-state index contributed by atoms with van der Waals surface area (Å²) in [7, 11) is -3.53. The standard InChI is InChI=1S/C23H33N3O3S2/c1-4-25(5-2)16-20-10-7-6-9-19(20)15-24-23(27)21-11-8-14-26(17-21)31(28,29)22-13-12-18(3)30-22/h6-7,9-10,12-13,21H,4-5,8,11,14-17H2,1-3H3,(H,24,27). The molecule has 0 saturated carbocycles. The number of hydrogen-bond donors (Lipinski definition) is 1. The van der Waals surface area contributed by atoms with E-state index in [4.69, 9.17) is 0 Å². The first kappa shape index (κ1) is 23.9. The molecule has 1 amide bonds. The van der Waals surface area contributed by atoms with E-state index >= 15 is 0 Å². The molecule has 1 atom stereocenters. The second-order valence-electron chi connectivity index (χ2n) is 8.02. The summed E-state index contributed by atoms with van der Waals surface area (Å²) >= 11 is 1.28. The first-order valence-electron chi connectivity index (χ1n) is 11.0. The van der Waals surface area contributed by atoms with E-state index in [1.165, 1.54) is 21.2 Å². The minimum atomic E-state index is -3.53. The summed E-state index contributed by atoms with van der Waals surface area (Å²) in [5, 5.41) is 3.06. The van der Waals surface area contributed by atoms with Crippen LogP contribution in [-0.4, -0.2) is 49.7 Å². The number of hydrogen-bond acceptors (Lipinski definition) is 5. The van der Waals surface area contributed by atoms with Crippen molar-refractivity contribution in [3.8, 4) is 0 Å². The van der Waals surface area contributed by atoms with Gasteiger partial charge in [-0.25, -0.2) is 8.42 Å². The first-order chi connectivity index (χ1) is 14.8. The van der Waals surface area contributed by atoms with Crippen molar-refractivity contribution in [1.82, 2.24) is 14.5 Å². The monoisotopic (exact) mass is 463 g/mol. The van der Waals surface area contributed by atoms with Crippen molar-refractivity contribution in [3.05, 3.63) is 52.4 Å². The highest BCUT2D eigenvalue weighted by molar-refractivity contribution is 7.91. The summed E-state index contributed by atoms with van der Waals surface area (Å²) in [5.74, 6) is -0.389. The molecular weight excluding hydrogens is 430 g/mol. The van der Waals surface area contributed by atoms with Gasteiger partial charge in [-0.2, -0.15) is 4.31 Å². The van der Waals surface area contributed by atoms with E-state index in [-0.39, 0.29) is 18.4 Å². The van der Waals surface area contributed by atoms with Crippen LogP contribution in [0.1, 0.15) is 42.7 Å². The Morgan fingerprint density at radius 2 is 1.87 bits per heavy atom. The fraction of sp³-hybridized carbons (Fsp3) is 0.522. The molecule has 2 heterocycles. The lowest BCUT2D eigenvalue weighted by Gasteiger charge is -2.31. The van der Waals surface area contributed by atoms with Crippen LogP contribution in [0.3, 0.4) is 0 Å². The van der Waals surface area contributed by atoms with Crippen molar-refractivity contribution in [1.29, 1.82) is 0 Å². The topological polar surface area (TPSA) is 69.7 Å². The van der Waals surface area contributed by atoms with Gasteiger partial charge in [-0.05, 0) is 56.1 Å². The molecule has 0 radical (unpaired) electrons. The van der Waals surface area contributed by atoms with Crippen LogP contribution >= 0.6 is 11.3 Å². The number of nitrogens with zero attached hydrogens (tertiary/aromatic N) is 2. The molecule has 1 fully saturated rings. The molecule has 2 aromatic rings. The van der Waals surface area contributed by atoms with Crippen LogP contribution in [0.15, 0.2) is 40.6 Å². The number of aryl methyl sites for hydroxylation is 1. The molecule has 8 heteroatoms. The van der Waals surface area contributed by atoms with E-state index < -0.39 is 10.0 Å². The van der Waals surface area contributed by atoms with Crippen molar-refractivity contribution in [2.24, 2.45) is 5.92 Å². The molecule has 0 spiro atoms. The minimum absolute atomic E-state index is 0.0695. The third kappa shape index (κ3) is 5.94. The van der Waals surface area contributed by atoms with Crippen LogP contribution < -0.4 is 5.32 Å². The number of amides is 1.